The molecule has 7 rings (SSSR count). The van der Waals surface area contributed by atoms with E-state index in [-0.39, 0.29) is 0 Å². The highest BCUT2D eigenvalue weighted by Gasteiger charge is 2.23. The first-order chi connectivity index (χ1) is 20.8. The SMILES string of the molecule is CC.CS.c1ccc(-c2cccc(-n3cc4c(n3)OCCOc3nn(-c5cccc(-c6ccccc6)c5)cc3-4)c2)cc1. The first-order valence-electron chi connectivity index (χ1n) is 14.0. The third-order valence-electron chi connectivity index (χ3n) is 6.65. The first-order valence-corrected chi connectivity index (χ1v) is 14.9. The van der Waals surface area contributed by atoms with Gasteiger partial charge in [-0.1, -0.05) is 98.8 Å². The second kappa shape index (κ2) is 13.7. The number of nitrogens with zero attached hydrogens (tertiary/aromatic N) is 4. The highest BCUT2D eigenvalue weighted by molar-refractivity contribution is 7.79. The monoisotopic (exact) mass is 574 g/mol. The second-order valence-electron chi connectivity index (χ2n) is 9.11. The summed E-state index contributed by atoms with van der Waals surface area (Å²) in [6.07, 6.45) is 5.67. The lowest BCUT2D eigenvalue weighted by molar-refractivity contribution is 0.203. The molecule has 1 aliphatic rings. The molecule has 0 N–H and O–H groups in total. The molecule has 3 heterocycles. The molecule has 7 heteroatoms. The molecule has 212 valence electrons. The highest BCUT2D eigenvalue weighted by Crippen LogP contribution is 2.38. The van der Waals surface area contributed by atoms with E-state index in [1.807, 2.05) is 96.3 Å². The van der Waals surface area contributed by atoms with Crippen LogP contribution in [0.1, 0.15) is 13.8 Å². The van der Waals surface area contributed by atoms with Crippen molar-refractivity contribution in [1.82, 2.24) is 19.6 Å². The minimum Gasteiger partial charge on any atom is -0.473 e. The van der Waals surface area contributed by atoms with Crippen molar-refractivity contribution in [2.75, 3.05) is 19.5 Å². The van der Waals surface area contributed by atoms with Crippen molar-refractivity contribution in [3.63, 3.8) is 0 Å². The molecule has 0 saturated heterocycles. The lowest BCUT2D eigenvalue weighted by Gasteiger charge is -2.10. The summed E-state index contributed by atoms with van der Waals surface area (Å²) in [4.78, 5) is 0. The molecule has 4 aromatic carbocycles. The molecule has 0 unspecified atom stereocenters. The fourth-order valence-corrected chi connectivity index (χ4v) is 4.76. The number of hydrogen-bond acceptors (Lipinski definition) is 5. The van der Waals surface area contributed by atoms with E-state index in [1.165, 1.54) is 0 Å². The van der Waals surface area contributed by atoms with E-state index in [2.05, 4.69) is 61.2 Å². The largest absolute Gasteiger partial charge is 0.473 e. The molecule has 1 aliphatic heterocycles. The van der Waals surface area contributed by atoms with Crippen molar-refractivity contribution >= 4 is 12.6 Å². The maximum atomic E-state index is 6.00. The molecule has 2 aromatic heterocycles. The summed E-state index contributed by atoms with van der Waals surface area (Å²) in [5.41, 5.74) is 8.16. The van der Waals surface area contributed by atoms with Crippen LogP contribution in [0.3, 0.4) is 0 Å². The molecular formula is C35H34N4O2S. The zero-order valence-corrected chi connectivity index (χ0v) is 24.9. The van der Waals surface area contributed by atoms with Crippen LogP contribution in [-0.2, 0) is 0 Å². The van der Waals surface area contributed by atoms with Crippen LogP contribution in [0.5, 0.6) is 11.8 Å². The van der Waals surface area contributed by atoms with Crippen LogP contribution in [0, 0.1) is 0 Å². The zero-order chi connectivity index (χ0) is 29.3. The predicted molar refractivity (Wildman–Crippen MR) is 174 cm³/mol. The third-order valence-corrected chi connectivity index (χ3v) is 6.65. The molecule has 6 aromatic rings. The van der Waals surface area contributed by atoms with Gasteiger partial charge in [0.2, 0.25) is 11.8 Å². The van der Waals surface area contributed by atoms with E-state index in [0.717, 1.165) is 44.8 Å². The van der Waals surface area contributed by atoms with Crippen molar-refractivity contribution < 1.29 is 9.47 Å². The Balaban J connectivity index is 0.000000847. The Morgan fingerprint density at radius 1 is 0.524 bits per heavy atom. The molecular weight excluding hydrogens is 540 g/mol. The summed E-state index contributed by atoms with van der Waals surface area (Å²) in [5, 5.41) is 9.59. The van der Waals surface area contributed by atoms with Gasteiger partial charge in [-0.25, -0.2) is 9.36 Å². The standard InChI is InChI=1S/C32H24N4O2.C2H6.CH4S/c1-3-9-23(10-4-1)25-13-7-15-27(19-25)35-21-29-30-22-36(34-32(30)38-18-17-37-31(29)33-35)28-16-8-14-26(20-28)24-11-5-2-6-12-24;2*1-2/h1-16,19-22H,17-18H2;1-2H3;2H,1H3. The minimum absolute atomic E-state index is 0.393. The Morgan fingerprint density at radius 2 is 0.905 bits per heavy atom. The summed E-state index contributed by atoms with van der Waals surface area (Å²) >= 11 is 3.53. The van der Waals surface area contributed by atoms with Gasteiger partial charge < -0.3 is 9.47 Å². The average Bonchev–Trinajstić information content (AvgIpc) is 3.69. The van der Waals surface area contributed by atoms with Crippen LogP contribution < -0.4 is 9.47 Å². The Labute approximate surface area is 252 Å². The Morgan fingerprint density at radius 3 is 1.31 bits per heavy atom. The van der Waals surface area contributed by atoms with E-state index in [0.29, 0.717) is 25.0 Å². The average molecular weight is 575 g/mol. The molecule has 0 aliphatic carbocycles. The van der Waals surface area contributed by atoms with Crippen molar-refractivity contribution in [2.24, 2.45) is 0 Å². The zero-order valence-electron chi connectivity index (χ0n) is 24.0. The predicted octanol–water partition coefficient (Wildman–Crippen LogP) is 8.40. The quantitative estimate of drug-likeness (QED) is 0.215. The molecule has 0 saturated carbocycles. The van der Waals surface area contributed by atoms with Crippen LogP contribution in [-0.4, -0.2) is 39.0 Å². The molecule has 6 nitrogen and oxygen atoms in total. The van der Waals surface area contributed by atoms with Gasteiger partial charge >= 0.3 is 0 Å². The van der Waals surface area contributed by atoms with Crippen molar-refractivity contribution in [1.29, 1.82) is 0 Å². The second-order valence-corrected chi connectivity index (χ2v) is 9.11. The van der Waals surface area contributed by atoms with Crippen LogP contribution >= 0.6 is 12.6 Å². The number of aromatic nitrogens is 4. The summed E-state index contributed by atoms with van der Waals surface area (Å²) < 4.78 is 15.7. The molecule has 0 radical (unpaired) electrons. The smallest absolute Gasteiger partial charge is 0.241 e. The van der Waals surface area contributed by atoms with Gasteiger partial charge in [0.25, 0.3) is 0 Å². The summed E-state index contributed by atoms with van der Waals surface area (Å²) in [6, 6.07) is 37.3. The topological polar surface area (TPSA) is 54.1 Å². The molecule has 0 amide bonds. The number of rotatable bonds is 4. The number of hydrogen-bond donors (Lipinski definition) is 1. The van der Waals surface area contributed by atoms with Crippen molar-refractivity contribution in [3.8, 4) is 56.5 Å². The van der Waals surface area contributed by atoms with Crippen molar-refractivity contribution in [2.45, 2.75) is 13.8 Å². The molecule has 0 bridgehead atoms. The van der Waals surface area contributed by atoms with Gasteiger partial charge in [0.15, 0.2) is 0 Å². The fraction of sp³-hybridized carbons (Fsp3) is 0.143. The van der Waals surface area contributed by atoms with Crippen LogP contribution in [0.2, 0.25) is 0 Å². The van der Waals surface area contributed by atoms with Crippen LogP contribution in [0.15, 0.2) is 122 Å². The number of thiol groups is 1. The normalized spacial score (nSPS) is 11.5. The molecule has 42 heavy (non-hydrogen) atoms. The molecule has 0 atom stereocenters. The van der Waals surface area contributed by atoms with Gasteiger partial charge in [0, 0.05) is 12.4 Å². The maximum Gasteiger partial charge on any atom is 0.241 e. The molecule has 0 fully saturated rings. The Hall–Kier alpha value is -4.75. The fourth-order valence-electron chi connectivity index (χ4n) is 4.76. The van der Waals surface area contributed by atoms with Crippen molar-refractivity contribution in [3.05, 3.63) is 122 Å². The maximum absolute atomic E-state index is 6.00. The summed E-state index contributed by atoms with van der Waals surface area (Å²) in [7, 11) is 0. The summed E-state index contributed by atoms with van der Waals surface area (Å²) in [6.45, 7) is 4.79. The highest BCUT2D eigenvalue weighted by atomic mass is 32.1. The van der Waals surface area contributed by atoms with Crippen LogP contribution in [0.25, 0.3) is 44.8 Å². The van der Waals surface area contributed by atoms with E-state index in [9.17, 15) is 0 Å². The number of fused-ring (bicyclic) bond motifs is 3. The van der Waals surface area contributed by atoms with Gasteiger partial charge in [-0.15, -0.1) is 10.2 Å². The van der Waals surface area contributed by atoms with Gasteiger partial charge in [-0.05, 0) is 52.8 Å². The Kier molecular flexibility index (Phi) is 9.41. The lowest BCUT2D eigenvalue weighted by atomic mass is 10.1. The minimum atomic E-state index is 0.393. The molecule has 0 spiro atoms. The van der Waals surface area contributed by atoms with Crippen LogP contribution in [0.4, 0.5) is 0 Å². The van der Waals surface area contributed by atoms with E-state index in [4.69, 9.17) is 19.7 Å². The third kappa shape index (κ3) is 6.11. The number of benzene rings is 4. The number of ether oxygens (including phenoxy) is 2. The lowest BCUT2D eigenvalue weighted by Crippen LogP contribution is -2.12. The van der Waals surface area contributed by atoms with E-state index >= 15 is 0 Å². The van der Waals surface area contributed by atoms with Gasteiger partial charge in [0.05, 0.1) is 22.5 Å². The van der Waals surface area contributed by atoms with E-state index < -0.39 is 0 Å². The van der Waals surface area contributed by atoms with Gasteiger partial charge in [-0.2, -0.15) is 12.6 Å². The first kappa shape index (κ1) is 28.8. The summed E-state index contributed by atoms with van der Waals surface area (Å²) in [5.74, 6) is 1.13. The van der Waals surface area contributed by atoms with E-state index in [1.54, 1.807) is 6.26 Å². The Bertz CT molecular complexity index is 1600. The van der Waals surface area contributed by atoms with Gasteiger partial charge in [0.1, 0.15) is 13.2 Å². The van der Waals surface area contributed by atoms with Gasteiger partial charge in [-0.3, -0.25) is 0 Å².